The average molecular weight is 291 g/mol. The standard InChI is InChI=1S/C15H21N3OS/c1-17-10-7-12(8-11-17)18(2)15(19)14-6-5-13(20-14)4-3-9-16/h5-6,12H,7-11,16H2,1-2H3. The maximum Gasteiger partial charge on any atom is 0.263 e. The molecule has 2 N–H and O–H groups in total. The van der Waals surface area contributed by atoms with Gasteiger partial charge < -0.3 is 15.5 Å². The van der Waals surface area contributed by atoms with Crippen LogP contribution in [0.1, 0.15) is 27.4 Å². The minimum absolute atomic E-state index is 0.102. The first-order valence-electron chi connectivity index (χ1n) is 6.86. The molecule has 1 amide bonds. The van der Waals surface area contributed by atoms with Gasteiger partial charge in [-0.15, -0.1) is 11.3 Å². The van der Waals surface area contributed by atoms with E-state index >= 15 is 0 Å². The zero-order chi connectivity index (χ0) is 14.5. The first-order chi connectivity index (χ1) is 9.61. The van der Waals surface area contributed by atoms with Crippen molar-refractivity contribution in [3.63, 3.8) is 0 Å². The molecule has 0 unspecified atom stereocenters. The molecule has 2 rings (SSSR count). The van der Waals surface area contributed by atoms with Gasteiger partial charge >= 0.3 is 0 Å². The van der Waals surface area contributed by atoms with Gasteiger partial charge in [-0.05, 0) is 45.1 Å². The highest BCUT2D eigenvalue weighted by molar-refractivity contribution is 7.14. The summed E-state index contributed by atoms with van der Waals surface area (Å²) >= 11 is 1.44. The van der Waals surface area contributed by atoms with E-state index in [4.69, 9.17) is 5.73 Å². The lowest BCUT2D eigenvalue weighted by molar-refractivity contribution is 0.0664. The van der Waals surface area contributed by atoms with Gasteiger partial charge in [-0.25, -0.2) is 0 Å². The van der Waals surface area contributed by atoms with Gasteiger partial charge in [0.1, 0.15) is 0 Å². The molecule has 1 saturated heterocycles. The number of carbonyl (C=O) groups is 1. The van der Waals surface area contributed by atoms with Crippen molar-refractivity contribution in [2.24, 2.45) is 5.73 Å². The van der Waals surface area contributed by atoms with Crippen molar-refractivity contribution in [2.75, 3.05) is 33.7 Å². The summed E-state index contributed by atoms with van der Waals surface area (Å²) in [6.45, 7) is 2.45. The summed E-state index contributed by atoms with van der Waals surface area (Å²) in [5.74, 6) is 5.88. The predicted octanol–water partition coefficient (Wildman–Crippen LogP) is 1.22. The van der Waals surface area contributed by atoms with Crippen LogP contribution in [0.5, 0.6) is 0 Å². The lowest BCUT2D eigenvalue weighted by atomic mass is 10.0. The second-order valence-electron chi connectivity index (χ2n) is 5.12. The molecule has 20 heavy (non-hydrogen) atoms. The number of piperidine rings is 1. The molecular formula is C15H21N3OS. The first-order valence-corrected chi connectivity index (χ1v) is 7.68. The zero-order valence-electron chi connectivity index (χ0n) is 12.1. The highest BCUT2D eigenvalue weighted by Crippen LogP contribution is 2.21. The number of rotatable bonds is 2. The van der Waals surface area contributed by atoms with Crippen molar-refractivity contribution in [3.05, 3.63) is 21.9 Å². The molecule has 0 spiro atoms. The SMILES string of the molecule is CN1CCC(N(C)C(=O)c2ccc(C#CCN)s2)CC1. The molecule has 1 aromatic rings. The molecule has 0 aromatic carbocycles. The lowest BCUT2D eigenvalue weighted by Gasteiger charge is -2.34. The Labute approximate surface area is 124 Å². The third-order valence-electron chi connectivity index (χ3n) is 3.69. The van der Waals surface area contributed by atoms with E-state index in [-0.39, 0.29) is 5.91 Å². The van der Waals surface area contributed by atoms with Crippen LogP contribution in [0.3, 0.4) is 0 Å². The van der Waals surface area contributed by atoms with Crippen LogP contribution in [-0.4, -0.2) is 55.5 Å². The van der Waals surface area contributed by atoms with E-state index < -0.39 is 0 Å². The van der Waals surface area contributed by atoms with Gasteiger partial charge in [-0.1, -0.05) is 11.8 Å². The fourth-order valence-electron chi connectivity index (χ4n) is 2.38. The van der Waals surface area contributed by atoms with Crippen molar-refractivity contribution in [1.82, 2.24) is 9.80 Å². The maximum absolute atomic E-state index is 12.5. The van der Waals surface area contributed by atoms with E-state index in [0.717, 1.165) is 35.7 Å². The molecule has 0 radical (unpaired) electrons. The van der Waals surface area contributed by atoms with Gasteiger partial charge in [0.2, 0.25) is 0 Å². The van der Waals surface area contributed by atoms with Crippen molar-refractivity contribution in [3.8, 4) is 11.8 Å². The van der Waals surface area contributed by atoms with Crippen LogP contribution < -0.4 is 5.73 Å². The molecule has 4 nitrogen and oxygen atoms in total. The highest BCUT2D eigenvalue weighted by Gasteiger charge is 2.25. The summed E-state index contributed by atoms with van der Waals surface area (Å²) in [4.78, 5) is 18.3. The molecule has 1 fully saturated rings. The Morgan fingerprint density at radius 2 is 2.20 bits per heavy atom. The Morgan fingerprint density at radius 1 is 1.50 bits per heavy atom. The third-order valence-corrected chi connectivity index (χ3v) is 4.68. The van der Waals surface area contributed by atoms with Crippen LogP contribution in [0, 0.1) is 11.8 Å². The minimum Gasteiger partial charge on any atom is -0.338 e. The van der Waals surface area contributed by atoms with Gasteiger partial charge in [0.25, 0.3) is 5.91 Å². The topological polar surface area (TPSA) is 49.6 Å². The van der Waals surface area contributed by atoms with Gasteiger partial charge in [0.05, 0.1) is 16.3 Å². The Kier molecular flexibility index (Phi) is 5.18. The third kappa shape index (κ3) is 3.60. The number of thiophene rings is 1. The van der Waals surface area contributed by atoms with E-state index in [1.807, 2.05) is 24.1 Å². The van der Waals surface area contributed by atoms with E-state index in [0.29, 0.717) is 12.6 Å². The summed E-state index contributed by atoms with van der Waals surface area (Å²) in [7, 11) is 4.03. The molecule has 1 aromatic heterocycles. The number of carbonyl (C=O) groups excluding carboxylic acids is 1. The van der Waals surface area contributed by atoms with Crippen molar-refractivity contribution in [1.29, 1.82) is 0 Å². The van der Waals surface area contributed by atoms with Crippen LogP contribution >= 0.6 is 11.3 Å². The molecule has 108 valence electrons. The fourth-order valence-corrected chi connectivity index (χ4v) is 3.24. The molecule has 0 aliphatic carbocycles. The monoisotopic (exact) mass is 291 g/mol. The minimum atomic E-state index is 0.102. The normalized spacial score (nSPS) is 16.6. The van der Waals surface area contributed by atoms with Crippen molar-refractivity contribution in [2.45, 2.75) is 18.9 Å². The Morgan fingerprint density at radius 3 is 2.85 bits per heavy atom. The number of nitrogens with zero attached hydrogens (tertiary/aromatic N) is 2. The summed E-state index contributed by atoms with van der Waals surface area (Å²) in [5.41, 5.74) is 5.35. The average Bonchev–Trinajstić information content (AvgIpc) is 2.93. The van der Waals surface area contributed by atoms with Gasteiger partial charge in [0, 0.05) is 13.1 Å². The Hall–Kier alpha value is -1.35. The van der Waals surface area contributed by atoms with Crippen LogP contribution in [0.4, 0.5) is 0 Å². The van der Waals surface area contributed by atoms with Crippen LogP contribution in [0.25, 0.3) is 0 Å². The van der Waals surface area contributed by atoms with Crippen LogP contribution in [0.2, 0.25) is 0 Å². The molecule has 0 bridgehead atoms. The van der Waals surface area contributed by atoms with Gasteiger partial charge in [-0.2, -0.15) is 0 Å². The second kappa shape index (κ2) is 6.89. The number of amides is 1. The second-order valence-corrected chi connectivity index (χ2v) is 6.20. The number of hydrogen-bond acceptors (Lipinski definition) is 4. The molecular weight excluding hydrogens is 270 g/mol. The van der Waals surface area contributed by atoms with E-state index in [1.165, 1.54) is 11.3 Å². The number of likely N-dealkylation sites (tertiary alicyclic amines) is 1. The maximum atomic E-state index is 12.5. The van der Waals surface area contributed by atoms with Gasteiger partial charge in [0.15, 0.2) is 0 Å². The molecule has 2 heterocycles. The largest absolute Gasteiger partial charge is 0.338 e. The van der Waals surface area contributed by atoms with E-state index in [9.17, 15) is 4.79 Å². The lowest BCUT2D eigenvalue weighted by Crippen LogP contribution is -2.44. The Balaban J connectivity index is 2.01. The first kappa shape index (κ1) is 15.0. The molecule has 0 atom stereocenters. The quantitative estimate of drug-likeness (QED) is 0.834. The van der Waals surface area contributed by atoms with Gasteiger partial charge in [-0.3, -0.25) is 4.79 Å². The van der Waals surface area contributed by atoms with E-state index in [2.05, 4.69) is 23.8 Å². The smallest absolute Gasteiger partial charge is 0.263 e. The van der Waals surface area contributed by atoms with Crippen molar-refractivity contribution >= 4 is 17.2 Å². The summed E-state index contributed by atoms with van der Waals surface area (Å²) < 4.78 is 0. The summed E-state index contributed by atoms with van der Waals surface area (Å²) in [5, 5.41) is 0. The van der Waals surface area contributed by atoms with Crippen LogP contribution in [-0.2, 0) is 0 Å². The van der Waals surface area contributed by atoms with Crippen LogP contribution in [0.15, 0.2) is 12.1 Å². The fraction of sp³-hybridized carbons (Fsp3) is 0.533. The predicted molar refractivity (Wildman–Crippen MR) is 82.9 cm³/mol. The summed E-state index contributed by atoms with van der Waals surface area (Å²) in [6, 6.07) is 4.10. The molecule has 1 aliphatic heterocycles. The highest BCUT2D eigenvalue weighted by atomic mass is 32.1. The Bertz CT molecular complexity index is 521. The van der Waals surface area contributed by atoms with Crippen molar-refractivity contribution < 1.29 is 4.79 Å². The number of nitrogens with two attached hydrogens (primary N) is 1. The molecule has 5 heteroatoms. The molecule has 1 aliphatic rings. The zero-order valence-corrected chi connectivity index (χ0v) is 12.9. The summed E-state index contributed by atoms with van der Waals surface area (Å²) in [6.07, 6.45) is 2.09. The van der Waals surface area contributed by atoms with E-state index in [1.54, 1.807) is 0 Å². The molecule has 0 saturated carbocycles. The number of hydrogen-bond donors (Lipinski definition) is 1.